The number of rotatable bonds is 3. The van der Waals surface area contributed by atoms with E-state index in [4.69, 9.17) is 25.4 Å². The number of phosphoric acid groups is 1. The van der Waals surface area contributed by atoms with Gasteiger partial charge >= 0.3 is 7.82 Å². The molecule has 0 aromatic rings. The van der Waals surface area contributed by atoms with Gasteiger partial charge in [-0.15, -0.1) is 0 Å². The second kappa shape index (κ2) is 5.05. The molecule has 10 heteroatoms. The largest absolute Gasteiger partial charge is 0.471 e. The molecule has 1 fully saturated rings. The highest BCUT2D eigenvalue weighted by Crippen LogP contribution is 2.40. The van der Waals surface area contributed by atoms with Crippen molar-refractivity contribution in [3.05, 3.63) is 0 Å². The Morgan fingerprint density at radius 3 is 2.31 bits per heavy atom. The molecule has 1 aliphatic rings. The van der Waals surface area contributed by atoms with Crippen LogP contribution in [0.4, 0.5) is 0 Å². The smallest absolute Gasteiger partial charge is 0.394 e. The fourth-order valence-electron chi connectivity index (χ4n) is 1.33. The van der Waals surface area contributed by atoms with E-state index in [9.17, 15) is 14.8 Å². The summed E-state index contributed by atoms with van der Waals surface area (Å²) in [4.78, 5) is 17.1. The number of nitrogens with two attached hydrogens (primary N) is 1. The van der Waals surface area contributed by atoms with Crippen LogP contribution in [0.5, 0.6) is 0 Å². The van der Waals surface area contributed by atoms with Crippen LogP contribution in [0.1, 0.15) is 0 Å². The van der Waals surface area contributed by atoms with Crippen molar-refractivity contribution in [3.63, 3.8) is 0 Å². The van der Waals surface area contributed by atoms with Crippen molar-refractivity contribution < 1.29 is 38.9 Å². The Labute approximate surface area is 90.6 Å². The van der Waals surface area contributed by atoms with Gasteiger partial charge in [0.15, 0.2) is 6.29 Å². The van der Waals surface area contributed by atoms with Crippen LogP contribution in [-0.4, -0.2) is 62.4 Å². The number of hydrogen-bond acceptors (Lipinski definition) is 7. The van der Waals surface area contributed by atoms with Crippen LogP contribution in [0.25, 0.3) is 0 Å². The number of hydrogen-bond donors (Lipinski definition) is 6. The molecule has 0 aromatic carbocycles. The molecule has 7 N–H and O–H groups in total. The van der Waals surface area contributed by atoms with Gasteiger partial charge in [-0.25, -0.2) is 4.57 Å². The third-order valence-corrected chi connectivity index (χ3v) is 2.65. The van der Waals surface area contributed by atoms with Gasteiger partial charge in [-0.3, -0.25) is 4.52 Å². The summed E-state index contributed by atoms with van der Waals surface area (Å²) in [6, 6.07) is -1.33. The SMILES string of the molecule is N[C@@H]1C(OP(=O)(O)O)O[C@H](CO)[C@@H](O)[C@@H]1O. The van der Waals surface area contributed by atoms with Gasteiger partial charge in [-0.05, 0) is 0 Å². The van der Waals surface area contributed by atoms with E-state index in [0.717, 1.165) is 0 Å². The number of ether oxygens (including phenoxy) is 1. The van der Waals surface area contributed by atoms with E-state index in [1.54, 1.807) is 0 Å². The van der Waals surface area contributed by atoms with Crippen molar-refractivity contribution in [3.8, 4) is 0 Å². The van der Waals surface area contributed by atoms with Crippen LogP contribution < -0.4 is 5.73 Å². The first-order chi connectivity index (χ1) is 7.26. The molecule has 0 aliphatic carbocycles. The van der Waals surface area contributed by atoms with Crippen molar-refractivity contribution in [1.82, 2.24) is 0 Å². The first-order valence-electron chi connectivity index (χ1n) is 4.38. The summed E-state index contributed by atoms with van der Waals surface area (Å²) < 4.78 is 19.5. The van der Waals surface area contributed by atoms with Crippen LogP contribution in [0.2, 0.25) is 0 Å². The Morgan fingerprint density at radius 2 is 1.88 bits per heavy atom. The van der Waals surface area contributed by atoms with Crippen LogP contribution in [-0.2, 0) is 13.8 Å². The molecule has 1 saturated heterocycles. The Hall–Kier alpha value is -0.0900. The molecule has 5 atom stereocenters. The highest BCUT2D eigenvalue weighted by molar-refractivity contribution is 7.46. The molecule has 0 bridgehead atoms. The van der Waals surface area contributed by atoms with Gasteiger partial charge in [-0.2, -0.15) is 0 Å². The van der Waals surface area contributed by atoms with Gasteiger partial charge in [0.05, 0.1) is 12.6 Å². The quantitative estimate of drug-likeness (QED) is 0.287. The van der Waals surface area contributed by atoms with Crippen LogP contribution in [0.3, 0.4) is 0 Å². The zero-order valence-electron chi connectivity index (χ0n) is 8.08. The standard InChI is InChI=1S/C6H14NO8P/c7-3-5(10)4(9)2(1-8)14-6(3)15-16(11,12)13/h2-6,8-10H,1,7H2,(H2,11,12,13)/t2-,3+,4-,5-,6?/m1/s1. The van der Waals surface area contributed by atoms with Crippen molar-refractivity contribution in [2.45, 2.75) is 30.6 Å². The molecule has 0 aromatic heterocycles. The molecule has 9 nitrogen and oxygen atoms in total. The minimum Gasteiger partial charge on any atom is -0.394 e. The van der Waals surface area contributed by atoms with E-state index < -0.39 is 45.1 Å². The summed E-state index contributed by atoms with van der Waals surface area (Å²) >= 11 is 0. The molecular weight excluding hydrogens is 245 g/mol. The molecule has 0 amide bonds. The van der Waals surface area contributed by atoms with Crippen molar-refractivity contribution in [2.75, 3.05) is 6.61 Å². The van der Waals surface area contributed by atoms with Crippen LogP contribution >= 0.6 is 7.82 Å². The van der Waals surface area contributed by atoms with Crippen molar-refractivity contribution >= 4 is 7.82 Å². The zero-order valence-corrected chi connectivity index (χ0v) is 8.97. The van der Waals surface area contributed by atoms with Gasteiger partial charge < -0.3 is 35.6 Å². The topological polar surface area (TPSA) is 163 Å². The summed E-state index contributed by atoms with van der Waals surface area (Å²) in [7, 11) is -4.83. The molecule has 1 heterocycles. The molecule has 96 valence electrons. The third kappa shape index (κ3) is 3.20. The van der Waals surface area contributed by atoms with E-state index in [0.29, 0.717) is 0 Å². The van der Waals surface area contributed by atoms with E-state index >= 15 is 0 Å². The Balaban J connectivity index is 2.75. The molecule has 0 saturated carbocycles. The second-order valence-corrected chi connectivity index (χ2v) is 4.57. The van der Waals surface area contributed by atoms with E-state index in [1.807, 2.05) is 0 Å². The molecular formula is C6H14NO8P. The maximum absolute atomic E-state index is 10.6. The first kappa shape index (κ1) is 14.0. The second-order valence-electron chi connectivity index (χ2n) is 3.38. The average Bonchev–Trinajstić information content (AvgIpc) is 2.17. The minimum atomic E-state index is -4.83. The normalized spacial score (nSPS) is 41.0. The monoisotopic (exact) mass is 259 g/mol. The molecule has 1 aliphatic heterocycles. The lowest BCUT2D eigenvalue weighted by molar-refractivity contribution is -0.242. The van der Waals surface area contributed by atoms with Crippen LogP contribution in [0, 0.1) is 0 Å². The van der Waals surface area contributed by atoms with Gasteiger partial charge in [0.25, 0.3) is 0 Å². The maximum Gasteiger partial charge on any atom is 0.471 e. The van der Waals surface area contributed by atoms with Crippen molar-refractivity contribution in [2.24, 2.45) is 5.73 Å². The number of aliphatic hydroxyl groups is 3. The molecule has 1 unspecified atom stereocenters. The summed E-state index contributed by atoms with van der Waals surface area (Å²) in [5, 5.41) is 27.6. The predicted octanol–water partition coefficient (Wildman–Crippen LogP) is -3.14. The summed E-state index contributed by atoms with van der Waals surface area (Å²) in [6.07, 6.45) is -5.78. The fraction of sp³-hybridized carbons (Fsp3) is 1.00. The predicted molar refractivity (Wildman–Crippen MR) is 48.9 cm³/mol. The summed E-state index contributed by atoms with van der Waals surface area (Å²) in [5.41, 5.74) is 5.35. The van der Waals surface area contributed by atoms with Gasteiger partial charge in [-0.1, -0.05) is 0 Å². The summed E-state index contributed by atoms with van der Waals surface area (Å²) in [5.74, 6) is 0. The Bertz CT molecular complexity index is 280. The molecule has 16 heavy (non-hydrogen) atoms. The minimum absolute atomic E-state index is 0.647. The van der Waals surface area contributed by atoms with Gasteiger partial charge in [0.2, 0.25) is 0 Å². The average molecular weight is 259 g/mol. The molecule has 0 radical (unpaired) electrons. The Morgan fingerprint density at radius 1 is 1.31 bits per heavy atom. The Kier molecular flexibility index (Phi) is 4.41. The molecule has 1 rings (SSSR count). The number of phosphoric ester groups is 1. The lowest BCUT2D eigenvalue weighted by Crippen LogP contribution is -2.62. The molecule has 0 spiro atoms. The van der Waals surface area contributed by atoms with E-state index in [-0.39, 0.29) is 0 Å². The number of aliphatic hydroxyl groups excluding tert-OH is 3. The van der Waals surface area contributed by atoms with Crippen LogP contribution in [0.15, 0.2) is 0 Å². The fourth-order valence-corrected chi connectivity index (χ4v) is 1.79. The highest BCUT2D eigenvalue weighted by Gasteiger charge is 2.45. The lowest BCUT2D eigenvalue weighted by Gasteiger charge is -2.40. The van der Waals surface area contributed by atoms with Gasteiger partial charge in [0, 0.05) is 0 Å². The lowest BCUT2D eigenvalue weighted by atomic mass is 9.98. The highest BCUT2D eigenvalue weighted by atomic mass is 31.2. The van der Waals surface area contributed by atoms with Gasteiger partial charge in [0.1, 0.15) is 18.3 Å². The first-order valence-corrected chi connectivity index (χ1v) is 5.91. The van der Waals surface area contributed by atoms with E-state index in [2.05, 4.69) is 4.52 Å². The summed E-state index contributed by atoms with van der Waals surface area (Å²) in [6.45, 7) is -0.647. The maximum atomic E-state index is 10.6. The third-order valence-electron chi connectivity index (χ3n) is 2.17. The zero-order chi connectivity index (χ0) is 12.5. The van der Waals surface area contributed by atoms with E-state index in [1.165, 1.54) is 0 Å². The van der Waals surface area contributed by atoms with Crippen molar-refractivity contribution in [1.29, 1.82) is 0 Å².